The molecule has 0 aliphatic heterocycles. The van der Waals surface area contributed by atoms with Crippen molar-refractivity contribution in [1.82, 2.24) is 4.98 Å². The van der Waals surface area contributed by atoms with Crippen LogP contribution < -0.4 is 16.0 Å². The van der Waals surface area contributed by atoms with Crippen molar-refractivity contribution in [3.8, 4) is 0 Å². The highest BCUT2D eigenvalue weighted by molar-refractivity contribution is 7.90. The first-order chi connectivity index (χ1) is 24.5. The standard InChI is InChI=1S/C37H52N6O9S/c1-23-19-26(11-13-28(23)42(47)48)39-32(34(4,5)21-44)37(46,33(35(6,7)22-45)40-31-16-14-29(43(49)50)25(3)38-31)36(17-9-10-18-36)41-27-12-15-30(24(2)20-27)53(8,51)52/h11-16,19-20,32-33,39,41,44-46H,9-10,17-18,21-22H2,1-8H3,(H,38,40). The van der Waals surface area contributed by atoms with Gasteiger partial charge in [0.25, 0.3) is 11.4 Å². The number of aliphatic hydroxyl groups excluding tert-OH is 2. The lowest BCUT2D eigenvalue weighted by atomic mass is 9.57. The molecule has 1 aliphatic rings. The maximum Gasteiger partial charge on any atom is 0.290 e. The maximum absolute atomic E-state index is 14.1. The van der Waals surface area contributed by atoms with E-state index in [2.05, 4.69) is 20.9 Å². The highest BCUT2D eigenvalue weighted by Crippen LogP contribution is 2.52. The number of aromatic nitrogens is 1. The normalized spacial score (nSPS) is 17.0. The van der Waals surface area contributed by atoms with Gasteiger partial charge >= 0.3 is 0 Å². The number of nitro groups is 2. The van der Waals surface area contributed by atoms with Gasteiger partial charge in [-0.15, -0.1) is 0 Å². The van der Waals surface area contributed by atoms with E-state index < -0.39 is 67.0 Å². The molecule has 53 heavy (non-hydrogen) atoms. The molecule has 16 heteroatoms. The van der Waals surface area contributed by atoms with Gasteiger partial charge in [-0.2, -0.15) is 0 Å². The van der Waals surface area contributed by atoms with E-state index in [0.717, 1.165) is 6.26 Å². The Kier molecular flexibility index (Phi) is 11.8. The molecule has 1 aromatic heterocycles. The zero-order valence-corrected chi connectivity index (χ0v) is 32.4. The lowest BCUT2D eigenvalue weighted by molar-refractivity contribution is -0.385. The average molecular weight is 757 g/mol. The fourth-order valence-corrected chi connectivity index (χ4v) is 8.78. The van der Waals surface area contributed by atoms with Gasteiger partial charge in [-0.1, -0.05) is 40.5 Å². The number of anilines is 3. The third kappa shape index (κ3) is 8.25. The number of aliphatic hydroxyl groups is 3. The summed E-state index contributed by atoms with van der Waals surface area (Å²) in [5.41, 5.74) is -3.82. The first kappa shape index (κ1) is 41.4. The van der Waals surface area contributed by atoms with E-state index in [4.69, 9.17) is 0 Å². The molecule has 3 unspecified atom stereocenters. The Hall–Kier alpha value is -4.38. The second-order valence-electron chi connectivity index (χ2n) is 15.8. The number of nitro benzene ring substituents is 1. The van der Waals surface area contributed by atoms with E-state index >= 15 is 0 Å². The second-order valence-corrected chi connectivity index (χ2v) is 17.7. The van der Waals surface area contributed by atoms with Gasteiger partial charge in [0.1, 0.15) is 17.1 Å². The summed E-state index contributed by atoms with van der Waals surface area (Å²) >= 11 is 0. The lowest BCUT2D eigenvalue weighted by Crippen LogP contribution is -2.78. The van der Waals surface area contributed by atoms with Crippen LogP contribution >= 0.6 is 0 Å². The molecule has 1 aliphatic carbocycles. The molecule has 2 aromatic carbocycles. The number of sulfone groups is 1. The number of hydrogen-bond acceptors (Lipinski definition) is 13. The molecule has 0 saturated heterocycles. The minimum absolute atomic E-state index is 0.0915. The largest absolute Gasteiger partial charge is 0.396 e. The molecule has 3 atom stereocenters. The topological polar surface area (TPSA) is 230 Å². The van der Waals surface area contributed by atoms with E-state index in [-0.39, 0.29) is 27.8 Å². The zero-order chi connectivity index (χ0) is 39.7. The summed E-state index contributed by atoms with van der Waals surface area (Å²) in [6.45, 7) is 11.0. The van der Waals surface area contributed by atoms with E-state index in [9.17, 15) is 44.0 Å². The van der Waals surface area contributed by atoms with Crippen LogP contribution in [0, 0.1) is 51.8 Å². The average Bonchev–Trinajstić information content (AvgIpc) is 3.54. The molecule has 1 saturated carbocycles. The predicted molar refractivity (Wildman–Crippen MR) is 204 cm³/mol. The molecule has 15 nitrogen and oxygen atoms in total. The van der Waals surface area contributed by atoms with Gasteiger partial charge in [0.15, 0.2) is 9.84 Å². The van der Waals surface area contributed by atoms with Crippen molar-refractivity contribution in [2.45, 2.75) is 102 Å². The first-order valence-electron chi connectivity index (χ1n) is 17.5. The van der Waals surface area contributed by atoms with Gasteiger partial charge < -0.3 is 31.3 Å². The molecular weight excluding hydrogens is 705 g/mol. The SMILES string of the molecule is Cc1cc(NC(C(C)(C)CO)C(O)(C(Nc2ccc([N+](=O)[O-])c(C)n2)C(C)(C)CO)C2(Nc3ccc(S(C)(=O)=O)c(C)c3)CCCC2)ccc1[N+](=O)[O-]. The summed E-state index contributed by atoms with van der Waals surface area (Å²) in [6, 6.07) is 9.95. The Morgan fingerprint density at radius 1 is 0.811 bits per heavy atom. The monoisotopic (exact) mass is 756 g/mol. The smallest absolute Gasteiger partial charge is 0.290 e. The van der Waals surface area contributed by atoms with Crippen molar-refractivity contribution in [2.24, 2.45) is 10.8 Å². The summed E-state index contributed by atoms with van der Waals surface area (Å²) in [5, 5.41) is 70.0. The van der Waals surface area contributed by atoms with Crippen molar-refractivity contribution in [1.29, 1.82) is 0 Å². The summed E-state index contributed by atoms with van der Waals surface area (Å²) in [6.07, 6.45) is 3.30. The van der Waals surface area contributed by atoms with Gasteiger partial charge in [0.2, 0.25) is 0 Å². The summed E-state index contributed by atoms with van der Waals surface area (Å²) < 4.78 is 25.0. The van der Waals surface area contributed by atoms with Crippen LogP contribution in [-0.4, -0.2) is 81.3 Å². The lowest BCUT2D eigenvalue weighted by Gasteiger charge is -2.60. The molecule has 6 N–H and O–H groups in total. The van der Waals surface area contributed by atoms with Gasteiger partial charge in [-0.25, -0.2) is 13.4 Å². The van der Waals surface area contributed by atoms with Gasteiger partial charge in [0.05, 0.1) is 45.6 Å². The molecule has 0 bridgehead atoms. The first-order valence-corrected chi connectivity index (χ1v) is 19.4. The van der Waals surface area contributed by atoms with Crippen LogP contribution in [0.1, 0.15) is 70.2 Å². The Labute approximate surface area is 310 Å². The highest BCUT2D eigenvalue weighted by Gasteiger charge is 2.66. The van der Waals surface area contributed by atoms with E-state index in [0.29, 0.717) is 48.2 Å². The van der Waals surface area contributed by atoms with Crippen molar-refractivity contribution < 1.29 is 33.6 Å². The van der Waals surface area contributed by atoms with Crippen LogP contribution in [0.4, 0.5) is 28.6 Å². The number of rotatable bonds is 16. The van der Waals surface area contributed by atoms with Gasteiger partial charge in [-0.05, 0) is 75.6 Å². The van der Waals surface area contributed by atoms with Gasteiger partial charge in [-0.3, -0.25) is 20.2 Å². The number of aryl methyl sites for hydroxylation is 3. The molecule has 290 valence electrons. The number of hydrogen-bond donors (Lipinski definition) is 6. The molecule has 4 rings (SSSR count). The Morgan fingerprint density at radius 3 is 1.79 bits per heavy atom. The summed E-state index contributed by atoms with van der Waals surface area (Å²) in [5.74, 6) is 0.200. The summed E-state index contributed by atoms with van der Waals surface area (Å²) in [4.78, 5) is 27.0. The van der Waals surface area contributed by atoms with E-state index in [1.807, 2.05) is 0 Å². The summed E-state index contributed by atoms with van der Waals surface area (Å²) in [7, 11) is -3.53. The molecule has 1 heterocycles. The van der Waals surface area contributed by atoms with Crippen LogP contribution in [0.5, 0.6) is 0 Å². The van der Waals surface area contributed by atoms with Crippen LogP contribution in [-0.2, 0) is 9.84 Å². The third-order valence-corrected chi connectivity index (χ3v) is 11.9. The van der Waals surface area contributed by atoms with E-state index in [1.165, 1.54) is 37.3 Å². The minimum Gasteiger partial charge on any atom is -0.396 e. The van der Waals surface area contributed by atoms with Crippen LogP contribution in [0.15, 0.2) is 53.4 Å². The second kappa shape index (κ2) is 15.2. The fraction of sp³-hybridized carbons (Fsp3) is 0.541. The zero-order valence-electron chi connectivity index (χ0n) is 31.6. The molecule has 1 fully saturated rings. The van der Waals surface area contributed by atoms with Crippen LogP contribution in [0.3, 0.4) is 0 Å². The Morgan fingerprint density at radius 2 is 1.32 bits per heavy atom. The third-order valence-electron chi connectivity index (χ3n) is 10.7. The minimum atomic E-state index is -3.53. The molecular formula is C37H52N6O9S. The molecule has 0 amide bonds. The quantitative estimate of drug-likeness (QED) is 0.0764. The fourth-order valence-electron chi connectivity index (χ4n) is 7.82. The van der Waals surface area contributed by atoms with Crippen molar-refractivity contribution >= 4 is 38.4 Å². The van der Waals surface area contributed by atoms with Crippen molar-refractivity contribution in [2.75, 3.05) is 35.4 Å². The predicted octanol–water partition coefficient (Wildman–Crippen LogP) is 5.68. The highest BCUT2D eigenvalue weighted by atomic mass is 32.2. The van der Waals surface area contributed by atoms with Gasteiger partial charge in [0, 0.05) is 46.2 Å². The molecule has 0 spiro atoms. The Balaban J connectivity index is 2.06. The number of nitrogens with zero attached hydrogens (tertiary/aromatic N) is 3. The van der Waals surface area contributed by atoms with Crippen molar-refractivity contribution in [3.05, 3.63) is 85.6 Å². The number of benzene rings is 2. The molecule has 0 radical (unpaired) electrons. The van der Waals surface area contributed by atoms with Crippen LogP contribution in [0.25, 0.3) is 0 Å². The van der Waals surface area contributed by atoms with Crippen LogP contribution in [0.2, 0.25) is 0 Å². The number of nitrogens with one attached hydrogen (secondary N) is 3. The number of pyridine rings is 1. The Bertz CT molecular complexity index is 1880. The van der Waals surface area contributed by atoms with Crippen molar-refractivity contribution in [3.63, 3.8) is 0 Å². The molecule has 3 aromatic rings. The maximum atomic E-state index is 14.1. The van der Waals surface area contributed by atoms with E-state index in [1.54, 1.807) is 59.7 Å².